The van der Waals surface area contributed by atoms with Gasteiger partial charge in [-0.1, -0.05) is 11.6 Å². The molecule has 0 unspecified atom stereocenters. The van der Waals surface area contributed by atoms with Crippen LogP contribution in [0.1, 0.15) is 16.1 Å². The van der Waals surface area contributed by atoms with E-state index in [1.54, 1.807) is 0 Å². The van der Waals surface area contributed by atoms with Crippen LogP contribution in [0.2, 0.25) is 5.02 Å². The SMILES string of the molecule is O=C(Nc1cc(C(F)(F)F)ccn1)c1cc2[nH]c(Nc3c(F)cc(F)cc3Cl)nc2cn1. The number of imidazole rings is 1. The summed E-state index contributed by atoms with van der Waals surface area (Å²) in [5.41, 5.74) is -0.725. The molecular weight excluding hydrogens is 459 g/mol. The van der Waals surface area contributed by atoms with Gasteiger partial charge in [-0.3, -0.25) is 4.79 Å². The Labute approximate surface area is 180 Å². The summed E-state index contributed by atoms with van der Waals surface area (Å²) in [4.78, 5) is 26.9. The molecule has 7 nitrogen and oxygen atoms in total. The van der Waals surface area contributed by atoms with Gasteiger partial charge in [-0.2, -0.15) is 13.2 Å². The summed E-state index contributed by atoms with van der Waals surface area (Å²) in [7, 11) is 0. The number of carbonyl (C=O) groups excluding carboxylic acids is 1. The molecule has 164 valence electrons. The number of aromatic amines is 1. The van der Waals surface area contributed by atoms with Gasteiger partial charge < -0.3 is 15.6 Å². The van der Waals surface area contributed by atoms with Gasteiger partial charge in [0.15, 0.2) is 5.82 Å². The van der Waals surface area contributed by atoms with Crippen LogP contribution in [0.3, 0.4) is 0 Å². The van der Waals surface area contributed by atoms with Crippen LogP contribution in [0.15, 0.2) is 42.7 Å². The van der Waals surface area contributed by atoms with Gasteiger partial charge in [0.25, 0.3) is 5.91 Å². The molecule has 4 aromatic rings. The van der Waals surface area contributed by atoms with Crippen molar-refractivity contribution >= 4 is 46.0 Å². The fourth-order valence-electron chi connectivity index (χ4n) is 2.73. The van der Waals surface area contributed by atoms with Crippen molar-refractivity contribution < 1.29 is 26.7 Å². The molecule has 0 fully saturated rings. The van der Waals surface area contributed by atoms with Crippen molar-refractivity contribution in [2.75, 3.05) is 10.6 Å². The normalized spacial score (nSPS) is 11.6. The van der Waals surface area contributed by atoms with Crippen molar-refractivity contribution in [3.05, 3.63) is 70.6 Å². The zero-order valence-corrected chi connectivity index (χ0v) is 16.3. The third-order valence-electron chi connectivity index (χ3n) is 4.18. The van der Waals surface area contributed by atoms with Gasteiger partial charge in [0.2, 0.25) is 5.95 Å². The highest BCUT2D eigenvalue weighted by Gasteiger charge is 2.31. The molecule has 0 atom stereocenters. The van der Waals surface area contributed by atoms with Gasteiger partial charge in [-0.25, -0.2) is 23.7 Å². The number of benzene rings is 1. The van der Waals surface area contributed by atoms with Gasteiger partial charge in [-0.15, -0.1) is 0 Å². The van der Waals surface area contributed by atoms with Crippen LogP contribution >= 0.6 is 11.6 Å². The van der Waals surface area contributed by atoms with Crippen LogP contribution in [0.25, 0.3) is 11.0 Å². The Morgan fingerprint density at radius 1 is 1.09 bits per heavy atom. The number of H-pyrrole nitrogens is 1. The fourth-order valence-corrected chi connectivity index (χ4v) is 2.97. The number of pyridine rings is 2. The van der Waals surface area contributed by atoms with Gasteiger partial charge in [0.1, 0.15) is 22.8 Å². The molecule has 0 aliphatic rings. The molecule has 0 aliphatic carbocycles. The van der Waals surface area contributed by atoms with E-state index in [-0.39, 0.29) is 28.2 Å². The van der Waals surface area contributed by atoms with Crippen molar-refractivity contribution in [3.63, 3.8) is 0 Å². The second-order valence-corrected chi connectivity index (χ2v) is 6.83. The van der Waals surface area contributed by atoms with E-state index in [0.717, 1.165) is 18.3 Å². The third-order valence-corrected chi connectivity index (χ3v) is 4.48. The van der Waals surface area contributed by atoms with Crippen LogP contribution in [-0.4, -0.2) is 25.8 Å². The number of amides is 1. The molecule has 13 heteroatoms. The van der Waals surface area contributed by atoms with Crippen LogP contribution < -0.4 is 10.6 Å². The van der Waals surface area contributed by atoms with E-state index >= 15 is 0 Å². The molecule has 3 aromatic heterocycles. The lowest BCUT2D eigenvalue weighted by Crippen LogP contribution is -2.15. The molecule has 0 spiro atoms. The third kappa shape index (κ3) is 4.44. The number of nitrogens with zero attached hydrogens (tertiary/aromatic N) is 3. The minimum Gasteiger partial charge on any atom is -0.324 e. The first-order chi connectivity index (χ1) is 15.1. The van der Waals surface area contributed by atoms with E-state index in [2.05, 4.69) is 30.6 Å². The van der Waals surface area contributed by atoms with E-state index < -0.39 is 29.3 Å². The summed E-state index contributed by atoms with van der Waals surface area (Å²) in [6.07, 6.45) is -2.44. The highest BCUT2D eigenvalue weighted by Crippen LogP contribution is 2.31. The molecule has 3 N–H and O–H groups in total. The van der Waals surface area contributed by atoms with Gasteiger partial charge in [0, 0.05) is 12.3 Å². The number of carbonyl (C=O) groups is 1. The Hall–Kier alpha value is -3.80. The summed E-state index contributed by atoms with van der Waals surface area (Å²) in [5.74, 6) is -2.87. The van der Waals surface area contributed by atoms with E-state index in [1.165, 1.54) is 12.3 Å². The lowest BCUT2D eigenvalue weighted by molar-refractivity contribution is -0.137. The van der Waals surface area contributed by atoms with Gasteiger partial charge in [-0.05, 0) is 24.3 Å². The summed E-state index contributed by atoms with van der Waals surface area (Å²) in [6, 6.07) is 4.31. The summed E-state index contributed by atoms with van der Waals surface area (Å²) < 4.78 is 65.6. The number of anilines is 3. The average Bonchev–Trinajstić information content (AvgIpc) is 3.12. The molecule has 0 saturated carbocycles. The van der Waals surface area contributed by atoms with E-state index in [4.69, 9.17) is 11.6 Å². The summed E-state index contributed by atoms with van der Waals surface area (Å²) in [5, 5.41) is 4.60. The maximum atomic E-state index is 14.0. The lowest BCUT2D eigenvalue weighted by atomic mass is 10.2. The quantitative estimate of drug-likeness (QED) is 0.353. The lowest BCUT2D eigenvalue weighted by Gasteiger charge is -2.08. The number of aromatic nitrogens is 4. The smallest absolute Gasteiger partial charge is 0.324 e. The first-order valence-corrected chi connectivity index (χ1v) is 9.10. The molecule has 3 heterocycles. The van der Waals surface area contributed by atoms with Crippen molar-refractivity contribution in [1.29, 1.82) is 0 Å². The maximum absolute atomic E-state index is 14.0. The Bertz CT molecular complexity index is 1320. The Balaban J connectivity index is 1.56. The van der Waals surface area contributed by atoms with Crippen LogP contribution in [0.5, 0.6) is 0 Å². The molecule has 4 rings (SSSR count). The van der Waals surface area contributed by atoms with Crippen LogP contribution in [0.4, 0.5) is 39.4 Å². The van der Waals surface area contributed by atoms with Crippen molar-refractivity contribution in [3.8, 4) is 0 Å². The van der Waals surface area contributed by atoms with E-state index in [9.17, 15) is 26.7 Å². The molecule has 1 amide bonds. The standard InChI is InChI=1S/C19H10ClF5N6O/c20-10-4-9(21)5-11(22)16(10)31-18-28-12-6-13(27-7-14(12)29-18)17(32)30-15-3-8(1-2-26-15)19(23,24)25/h1-7H,(H,26,30,32)(H2,28,29,31). The number of fused-ring (bicyclic) bond motifs is 1. The number of halogens is 6. The van der Waals surface area contributed by atoms with Crippen molar-refractivity contribution in [2.45, 2.75) is 6.18 Å². The largest absolute Gasteiger partial charge is 0.416 e. The van der Waals surface area contributed by atoms with Crippen molar-refractivity contribution in [1.82, 2.24) is 19.9 Å². The molecular formula is C19H10ClF5N6O. The first-order valence-electron chi connectivity index (χ1n) is 8.72. The van der Waals surface area contributed by atoms with Gasteiger partial charge in [0.05, 0.1) is 28.0 Å². The number of hydrogen-bond acceptors (Lipinski definition) is 5. The molecule has 32 heavy (non-hydrogen) atoms. The predicted molar refractivity (Wildman–Crippen MR) is 106 cm³/mol. The van der Waals surface area contributed by atoms with E-state index in [1.807, 2.05) is 0 Å². The van der Waals surface area contributed by atoms with Crippen LogP contribution in [-0.2, 0) is 6.18 Å². The average molecular weight is 469 g/mol. The molecule has 0 bridgehead atoms. The second-order valence-electron chi connectivity index (χ2n) is 6.42. The monoisotopic (exact) mass is 468 g/mol. The molecule has 0 saturated heterocycles. The minimum absolute atomic E-state index is 0.0336. The number of rotatable bonds is 4. The summed E-state index contributed by atoms with van der Waals surface area (Å²) in [6.45, 7) is 0. The second kappa shape index (κ2) is 8.04. The number of hydrogen-bond donors (Lipinski definition) is 3. The Kier molecular flexibility index (Phi) is 5.38. The number of nitrogens with one attached hydrogen (secondary N) is 3. The topological polar surface area (TPSA) is 95.6 Å². The highest BCUT2D eigenvalue weighted by molar-refractivity contribution is 6.33. The molecule has 0 aliphatic heterocycles. The molecule has 0 radical (unpaired) electrons. The van der Waals surface area contributed by atoms with E-state index in [0.29, 0.717) is 23.2 Å². The minimum atomic E-state index is -4.59. The zero-order chi connectivity index (χ0) is 23.0. The summed E-state index contributed by atoms with van der Waals surface area (Å²) >= 11 is 5.84. The maximum Gasteiger partial charge on any atom is 0.416 e. The zero-order valence-electron chi connectivity index (χ0n) is 15.6. The number of alkyl halides is 3. The highest BCUT2D eigenvalue weighted by atomic mass is 35.5. The Morgan fingerprint density at radius 3 is 2.59 bits per heavy atom. The fraction of sp³-hybridized carbons (Fsp3) is 0.0526. The molecule has 1 aromatic carbocycles. The Morgan fingerprint density at radius 2 is 1.88 bits per heavy atom. The first kappa shape index (κ1) is 21.4. The van der Waals surface area contributed by atoms with Gasteiger partial charge >= 0.3 is 6.18 Å². The predicted octanol–water partition coefficient (Wildman–Crippen LogP) is 5.30. The van der Waals surface area contributed by atoms with Crippen molar-refractivity contribution in [2.24, 2.45) is 0 Å². The van der Waals surface area contributed by atoms with Crippen LogP contribution in [0, 0.1) is 11.6 Å².